The standard InChI is InChI=1S/C6H12O4S/c1-2-3(7)4(8)5(9)6(10)11-2/h2-10H,1H3/t2-,3+,4-,5+,6+/m0/s1. The Morgan fingerprint density at radius 1 is 0.909 bits per heavy atom. The average molecular weight is 180 g/mol. The molecule has 1 aliphatic rings. The van der Waals surface area contributed by atoms with Crippen LogP contribution >= 0.6 is 11.8 Å². The molecule has 4 N–H and O–H groups in total. The van der Waals surface area contributed by atoms with Crippen LogP contribution in [0.25, 0.3) is 0 Å². The van der Waals surface area contributed by atoms with Crippen LogP contribution in [0.4, 0.5) is 0 Å². The third kappa shape index (κ3) is 1.68. The first-order valence-corrected chi connectivity index (χ1v) is 4.36. The van der Waals surface area contributed by atoms with Crippen molar-refractivity contribution < 1.29 is 20.4 Å². The van der Waals surface area contributed by atoms with E-state index in [9.17, 15) is 5.11 Å². The molecule has 0 radical (unpaired) electrons. The van der Waals surface area contributed by atoms with E-state index in [1.807, 2.05) is 0 Å². The molecule has 0 saturated carbocycles. The Labute approximate surface area is 68.9 Å². The Balaban J connectivity index is 2.63. The minimum atomic E-state index is -1.24. The normalized spacial score (nSPS) is 52.6. The molecule has 1 aliphatic heterocycles. The molecule has 1 heterocycles. The fraction of sp³-hybridized carbons (Fsp3) is 1.00. The minimum absolute atomic E-state index is 0.247. The van der Waals surface area contributed by atoms with E-state index in [1.54, 1.807) is 6.92 Å². The van der Waals surface area contributed by atoms with Gasteiger partial charge in [0.05, 0.1) is 6.10 Å². The van der Waals surface area contributed by atoms with Crippen molar-refractivity contribution in [3.05, 3.63) is 0 Å². The first-order valence-electron chi connectivity index (χ1n) is 3.41. The zero-order valence-corrected chi connectivity index (χ0v) is 6.90. The molecule has 1 rings (SSSR count). The maximum atomic E-state index is 9.19. The van der Waals surface area contributed by atoms with Crippen LogP contribution in [-0.2, 0) is 0 Å². The molecular formula is C6H12O4S. The average Bonchev–Trinajstić information content (AvgIpc) is 1.97. The summed E-state index contributed by atoms with van der Waals surface area (Å²) in [4.78, 5) is 0. The van der Waals surface area contributed by atoms with Crippen molar-refractivity contribution in [2.24, 2.45) is 0 Å². The third-order valence-electron chi connectivity index (χ3n) is 1.83. The molecule has 4 nitrogen and oxygen atoms in total. The van der Waals surface area contributed by atoms with Gasteiger partial charge in [0.1, 0.15) is 17.6 Å². The smallest absolute Gasteiger partial charge is 0.128 e. The molecule has 1 saturated heterocycles. The van der Waals surface area contributed by atoms with Crippen LogP contribution in [0.1, 0.15) is 6.92 Å². The van der Waals surface area contributed by atoms with Crippen molar-refractivity contribution in [1.29, 1.82) is 0 Å². The molecule has 5 atom stereocenters. The maximum Gasteiger partial charge on any atom is 0.128 e. The Bertz CT molecular complexity index is 129. The summed E-state index contributed by atoms with van der Waals surface area (Å²) in [6.45, 7) is 1.69. The van der Waals surface area contributed by atoms with Gasteiger partial charge < -0.3 is 20.4 Å². The van der Waals surface area contributed by atoms with Crippen molar-refractivity contribution in [1.82, 2.24) is 0 Å². The van der Waals surface area contributed by atoms with Crippen molar-refractivity contribution in [2.45, 2.75) is 35.9 Å². The maximum absolute atomic E-state index is 9.19. The molecule has 0 aromatic heterocycles. The number of aliphatic hydroxyl groups excluding tert-OH is 4. The lowest BCUT2D eigenvalue weighted by Crippen LogP contribution is -2.52. The van der Waals surface area contributed by atoms with Gasteiger partial charge >= 0.3 is 0 Å². The number of thioether (sulfide) groups is 1. The Morgan fingerprint density at radius 2 is 1.45 bits per heavy atom. The van der Waals surface area contributed by atoms with E-state index in [1.165, 1.54) is 0 Å². The quantitative estimate of drug-likeness (QED) is 0.366. The predicted molar refractivity (Wildman–Crippen MR) is 41.1 cm³/mol. The second-order valence-electron chi connectivity index (χ2n) is 2.70. The molecule has 0 amide bonds. The highest BCUT2D eigenvalue weighted by Gasteiger charge is 2.40. The lowest BCUT2D eigenvalue weighted by Gasteiger charge is -2.35. The highest BCUT2D eigenvalue weighted by atomic mass is 32.2. The Kier molecular flexibility index (Phi) is 2.77. The van der Waals surface area contributed by atoms with Gasteiger partial charge in [0.15, 0.2) is 0 Å². The summed E-state index contributed by atoms with van der Waals surface area (Å²) in [6.07, 6.45) is -3.44. The van der Waals surface area contributed by atoms with Gasteiger partial charge in [-0.3, -0.25) is 0 Å². The lowest BCUT2D eigenvalue weighted by molar-refractivity contribution is -0.0909. The fourth-order valence-corrected chi connectivity index (χ4v) is 2.11. The minimum Gasteiger partial charge on any atom is -0.389 e. The van der Waals surface area contributed by atoms with Crippen molar-refractivity contribution >= 4 is 11.8 Å². The van der Waals surface area contributed by atoms with E-state index in [0.717, 1.165) is 11.8 Å². The van der Waals surface area contributed by atoms with Crippen molar-refractivity contribution in [2.75, 3.05) is 0 Å². The van der Waals surface area contributed by atoms with Crippen LogP contribution < -0.4 is 0 Å². The van der Waals surface area contributed by atoms with E-state index in [2.05, 4.69) is 0 Å². The van der Waals surface area contributed by atoms with Crippen molar-refractivity contribution in [3.63, 3.8) is 0 Å². The molecule has 0 aromatic rings. The number of hydrogen-bond donors (Lipinski definition) is 4. The predicted octanol–water partition coefficient (Wildman–Crippen LogP) is -1.48. The largest absolute Gasteiger partial charge is 0.389 e. The second-order valence-corrected chi connectivity index (χ2v) is 4.20. The summed E-state index contributed by atoms with van der Waals surface area (Å²) < 4.78 is 0. The molecular weight excluding hydrogens is 168 g/mol. The first-order chi connectivity index (χ1) is 5.04. The van der Waals surface area contributed by atoms with Crippen LogP contribution in [0, 0.1) is 0 Å². The highest BCUT2D eigenvalue weighted by molar-refractivity contribution is 8.00. The van der Waals surface area contributed by atoms with Gasteiger partial charge in [-0.15, -0.1) is 11.8 Å². The van der Waals surface area contributed by atoms with Crippen molar-refractivity contribution in [3.8, 4) is 0 Å². The second kappa shape index (κ2) is 3.28. The van der Waals surface area contributed by atoms with Gasteiger partial charge in [-0.1, -0.05) is 6.92 Å². The molecule has 0 unspecified atom stereocenters. The van der Waals surface area contributed by atoms with E-state index < -0.39 is 23.7 Å². The number of hydrogen-bond acceptors (Lipinski definition) is 5. The van der Waals surface area contributed by atoms with Gasteiger partial charge in [0, 0.05) is 5.25 Å². The zero-order valence-electron chi connectivity index (χ0n) is 6.08. The van der Waals surface area contributed by atoms with Crippen LogP contribution in [-0.4, -0.2) is 49.4 Å². The Hall–Kier alpha value is 0.190. The summed E-state index contributed by atoms with van der Waals surface area (Å²) in [5.41, 5.74) is -0.997. The van der Waals surface area contributed by atoms with E-state index >= 15 is 0 Å². The van der Waals surface area contributed by atoms with Gasteiger partial charge in [-0.25, -0.2) is 0 Å². The number of aliphatic hydroxyl groups is 4. The Morgan fingerprint density at radius 3 is 2.00 bits per heavy atom. The van der Waals surface area contributed by atoms with Crippen LogP contribution in [0.15, 0.2) is 0 Å². The van der Waals surface area contributed by atoms with Gasteiger partial charge in [-0.05, 0) is 0 Å². The lowest BCUT2D eigenvalue weighted by atomic mass is 10.1. The molecule has 66 valence electrons. The van der Waals surface area contributed by atoms with E-state index in [4.69, 9.17) is 15.3 Å². The van der Waals surface area contributed by atoms with Gasteiger partial charge in [0.25, 0.3) is 0 Å². The highest BCUT2D eigenvalue weighted by Crippen LogP contribution is 2.30. The fourth-order valence-electron chi connectivity index (χ4n) is 1.03. The summed E-state index contributed by atoms with van der Waals surface area (Å²) in [6, 6.07) is 0. The molecule has 1 fully saturated rings. The molecule has 0 aromatic carbocycles. The third-order valence-corrected chi connectivity index (χ3v) is 3.09. The monoisotopic (exact) mass is 180 g/mol. The zero-order chi connectivity index (χ0) is 8.59. The van der Waals surface area contributed by atoms with E-state index in [-0.39, 0.29) is 5.25 Å². The SMILES string of the molecule is C[C@@H]1S[C@@H](O)[C@H](O)[C@@H](O)[C@@H]1O. The topological polar surface area (TPSA) is 80.9 Å². The number of rotatable bonds is 0. The molecule has 5 heteroatoms. The van der Waals surface area contributed by atoms with Gasteiger partial charge in [-0.2, -0.15) is 0 Å². The summed E-state index contributed by atoms with van der Waals surface area (Å²) in [5, 5.41) is 36.2. The van der Waals surface area contributed by atoms with Gasteiger partial charge in [0.2, 0.25) is 0 Å². The summed E-state index contributed by atoms with van der Waals surface area (Å²) in [7, 11) is 0. The summed E-state index contributed by atoms with van der Waals surface area (Å²) in [5.74, 6) is 0. The first kappa shape index (κ1) is 9.28. The molecule has 11 heavy (non-hydrogen) atoms. The summed E-state index contributed by atoms with van der Waals surface area (Å²) >= 11 is 1.06. The molecule has 0 bridgehead atoms. The van der Waals surface area contributed by atoms with Crippen LogP contribution in [0.3, 0.4) is 0 Å². The molecule has 0 aliphatic carbocycles. The van der Waals surface area contributed by atoms with Crippen LogP contribution in [0.2, 0.25) is 0 Å². The van der Waals surface area contributed by atoms with Crippen LogP contribution in [0.5, 0.6) is 0 Å². The van der Waals surface area contributed by atoms with E-state index in [0.29, 0.717) is 0 Å². The molecule has 0 spiro atoms.